The van der Waals surface area contributed by atoms with Gasteiger partial charge < -0.3 is 20.4 Å². The topological polar surface area (TPSA) is 92.5 Å². The summed E-state index contributed by atoms with van der Waals surface area (Å²) in [5.41, 5.74) is 8.88. The predicted octanol–water partition coefficient (Wildman–Crippen LogP) is 3.62. The van der Waals surface area contributed by atoms with E-state index in [0.717, 1.165) is 22.4 Å². The molecule has 0 saturated carbocycles. The van der Waals surface area contributed by atoms with Gasteiger partial charge in [0.05, 0.1) is 18.8 Å². The second kappa shape index (κ2) is 10.0. The van der Waals surface area contributed by atoms with Crippen molar-refractivity contribution in [2.75, 3.05) is 13.2 Å². The summed E-state index contributed by atoms with van der Waals surface area (Å²) in [6.45, 7) is -0.478. The van der Waals surface area contributed by atoms with Crippen molar-refractivity contribution in [3.63, 3.8) is 0 Å². The minimum atomic E-state index is -0.943. The van der Waals surface area contributed by atoms with Gasteiger partial charge in [-0.05, 0) is 36.1 Å². The Labute approximate surface area is 175 Å². The maximum Gasteiger partial charge on any atom is 0.198 e. The average Bonchev–Trinajstić information content (AvgIpc) is 3.17. The zero-order chi connectivity index (χ0) is 19.3. The Bertz CT molecular complexity index is 860. The highest BCUT2D eigenvalue weighted by molar-refractivity contribution is 6.30. The van der Waals surface area contributed by atoms with Crippen LogP contribution in [0.2, 0.25) is 5.02 Å². The van der Waals surface area contributed by atoms with Crippen molar-refractivity contribution in [1.82, 2.24) is 4.98 Å². The van der Waals surface area contributed by atoms with Crippen LogP contribution < -0.4 is 5.73 Å². The van der Waals surface area contributed by atoms with Crippen LogP contribution in [0.5, 0.6) is 0 Å². The van der Waals surface area contributed by atoms with Crippen molar-refractivity contribution in [2.45, 2.75) is 24.8 Å². The molecule has 7 heteroatoms. The lowest BCUT2D eigenvalue weighted by Gasteiger charge is -2.24. The Kier molecular flexibility index (Phi) is 8.04. The van der Waals surface area contributed by atoms with Gasteiger partial charge in [-0.15, -0.1) is 12.4 Å². The van der Waals surface area contributed by atoms with Crippen LogP contribution in [0.1, 0.15) is 23.4 Å². The number of aryl methyl sites for hydroxylation is 1. The molecular weight excluding hydrogens is 399 g/mol. The third-order valence-corrected chi connectivity index (χ3v) is 4.86. The van der Waals surface area contributed by atoms with E-state index in [1.54, 1.807) is 6.26 Å². The Morgan fingerprint density at radius 3 is 2.18 bits per heavy atom. The number of nitrogens with two attached hydrogens (primary N) is 1. The molecule has 0 amide bonds. The smallest absolute Gasteiger partial charge is 0.198 e. The maximum absolute atomic E-state index is 9.27. The summed E-state index contributed by atoms with van der Waals surface area (Å²) in [6, 6.07) is 15.6. The fraction of sp³-hybridized carbons (Fsp3) is 0.286. The number of aliphatic hydroxyl groups is 2. The van der Waals surface area contributed by atoms with E-state index in [2.05, 4.69) is 4.98 Å². The number of oxazole rings is 1. The molecular formula is C21H24Cl2N2O3. The van der Waals surface area contributed by atoms with E-state index < -0.39 is 5.54 Å². The summed E-state index contributed by atoms with van der Waals surface area (Å²) in [6.07, 6.45) is 3.45. The summed E-state index contributed by atoms with van der Waals surface area (Å²) in [5, 5.41) is 19.2. The Hall–Kier alpha value is -1.89. The number of benzene rings is 2. The molecule has 1 aromatic heterocycles. The Morgan fingerprint density at radius 1 is 0.964 bits per heavy atom. The predicted molar refractivity (Wildman–Crippen MR) is 113 cm³/mol. The molecule has 0 aliphatic rings. The van der Waals surface area contributed by atoms with Crippen LogP contribution in [-0.4, -0.2) is 33.9 Å². The third-order valence-electron chi connectivity index (χ3n) is 4.61. The summed E-state index contributed by atoms with van der Waals surface area (Å²) >= 11 is 5.90. The minimum Gasteiger partial charge on any atom is -0.448 e. The van der Waals surface area contributed by atoms with Crippen LogP contribution in [0.4, 0.5) is 0 Å². The second-order valence-corrected chi connectivity index (χ2v) is 7.24. The fourth-order valence-corrected chi connectivity index (χ4v) is 2.87. The molecule has 1 heterocycles. The summed E-state index contributed by atoms with van der Waals surface area (Å²) in [7, 11) is 0. The van der Waals surface area contributed by atoms with Crippen molar-refractivity contribution < 1.29 is 14.6 Å². The SMILES string of the molecule is Cl.NC(CO)(CO)CCc1ccc(-c2coc(Cc3ccc(Cl)cc3)n2)cc1. The first-order valence-corrected chi connectivity index (χ1v) is 9.18. The normalized spacial score (nSPS) is 11.3. The molecule has 0 radical (unpaired) electrons. The van der Waals surface area contributed by atoms with Crippen LogP contribution in [-0.2, 0) is 12.8 Å². The Balaban J connectivity index is 0.00000280. The number of aromatic nitrogens is 1. The summed E-state index contributed by atoms with van der Waals surface area (Å²) in [5.74, 6) is 0.648. The number of aliphatic hydroxyl groups excluding tert-OH is 2. The first-order valence-electron chi connectivity index (χ1n) is 8.80. The van der Waals surface area contributed by atoms with Gasteiger partial charge in [0.2, 0.25) is 0 Å². The van der Waals surface area contributed by atoms with E-state index in [1.807, 2.05) is 48.5 Å². The number of halogens is 2. The molecule has 0 saturated heterocycles. The quantitative estimate of drug-likeness (QED) is 0.515. The van der Waals surface area contributed by atoms with Gasteiger partial charge in [0.15, 0.2) is 5.89 Å². The second-order valence-electron chi connectivity index (χ2n) is 6.81. The minimum absolute atomic E-state index is 0. The monoisotopic (exact) mass is 422 g/mol. The van der Waals surface area contributed by atoms with E-state index >= 15 is 0 Å². The van der Waals surface area contributed by atoms with Gasteiger partial charge in [-0.1, -0.05) is 48.0 Å². The number of nitrogens with zero attached hydrogens (tertiary/aromatic N) is 1. The van der Waals surface area contributed by atoms with Crippen LogP contribution in [0.15, 0.2) is 59.2 Å². The van der Waals surface area contributed by atoms with Crippen molar-refractivity contribution >= 4 is 24.0 Å². The number of hydrogen-bond acceptors (Lipinski definition) is 5. The first-order chi connectivity index (χ1) is 13.0. The maximum atomic E-state index is 9.27. The van der Waals surface area contributed by atoms with Crippen LogP contribution >= 0.6 is 24.0 Å². The molecule has 2 aromatic carbocycles. The van der Waals surface area contributed by atoms with E-state index in [0.29, 0.717) is 30.2 Å². The molecule has 4 N–H and O–H groups in total. The lowest BCUT2D eigenvalue weighted by Crippen LogP contribution is -2.47. The molecule has 0 spiro atoms. The molecule has 150 valence electrons. The first kappa shape index (κ1) is 22.4. The van der Waals surface area contributed by atoms with E-state index in [-0.39, 0.29) is 25.6 Å². The van der Waals surface area contributed by atoms with Crippen molar-refractivity contribution in [3.05, 3.63) is 76.8 Å². The summed E-state index contributed by atoms with van der Waals surface area (Å²) < 4.78 is 5.59. The fourth-order valence-electron chi connectivity index (χ4n) is 2.75. The molecule has 0 fully saturated rings. The number of hydrogen-bond donors (Lipinski definition) is 3. The molecule has 5 nitrogen and oxygen atoms in total. The third kappa shape index (κ3) is 5.80. The molecule has 0 atom stereocenters. The zero-order valence-electron chi connectivity index (χ0n) is 15.3. The van der Waals surface area contributed by atoms with Gasteiger partial charge in [0.25, 0.3) is 0 Å². The van der Waals surface area contributed by atoms with Crippen molar-refractivity contribution in [1.29, 1.82) is 0 Å². The zero-order valence-corrected chi connectivity index (χ0v) is 16.9. The van der Waals surface area contributed by atoms with Crippen molar-refractivity contribution in [3.8, 4) is 11.3 Å². The molecule has 0 unspecified atom stereocenters. The van der Waals surface area contributed by atoms with Crippen molar-refractivity contribution in [2.24, 2.45) is 5.73 Å². The highest BCUT2D eigenvalue weighted by Gasteiger charge is 2.22. The molecule has 3 aromatic rings. The standard InChI is InChI=1S/C21H23ClN2O3.ClH/c22-18-7-3-16(4-8-18)11-20-24-19(12-27-20)17-5-1-15(2-6-17)9-10-21(23,13-25)14-26;/h1-8,12,25-26H,9-11,13-14,23H2;1H. The molecule has 0 bridgehead atoms. The van der Waals surface area contributed by atoms with E-state index in [9.17, 15) is 10.2 Å². The lowest BCUT2D eigenvalue weighted by molar-refractivity contribution is 0.115. The Morgan fingerprint density at radius 2 is 1.57 bits per heavy atom. The van der Waals surface area contributed by atoms with E-state index in [4.69, 9.17) is 21.8 Å². The molecule has 0 aliphatic carbocycles. The molecule has 0 aliphatic heterocycles. The number of rotatable bonds is 8. The van der Waals surface area contributed by atoms with Crippen LogP contribution in [0.3, 0.4) is 0 Å². The van der Waals surface area contributed by atoms with Gasteiger partial charge in [-0.3, -0.25) is 0 Å². The van der Waals surface area contributed by atoms with Crippen LogP contribution in [0.25, 0.3) is 11.3 Å². The van der Waals surface area contributed by atoms with Gasteiger partial charge in [0, 0.05) is 17.0 Å². The highest BCUT2D eigenvalue weighted by atomic mass is 35.5. The van der Waals surface area contributed by atoms with E-state index in [1.165, 1.54) is 0 Å². The molecule has 28 heavy (non-hydrogen) atoms. The van der Waals surface area contributed by atoms with Gasteiger partial charge in [-0.25, -0.2) is 4.98 Å². The highest BCUT2D eigenvalue weighted by Crippen LogP contribution is 2.22. The van der Waals surface area contributed by atoms with Crippen LogP contribution in [0, 0.1) is 0 Å². The van der Waals surface area contributed by atoms with Gasteiger partial charge >= 0.3 is 0 Å². The van der Waals surface area contributed by atoms with Gasteiger partial charge in [0.1, 0.15) is 12.0 Å². The summed E-state index contributed by atoms with van der Waals surface area (Å²) in [4.78, 5) is 4.55. The average molecular weight is 423 g/mol. The molecule has 3 rings (SSSR count). The van der Waals surface area contributed by atoms with Gasteiger partial charge in [-0.2, -0.15) is 0 Å². The largest absolute Gasteiger partial charge is 0.448 e. The lowest BCUT2D eigenvalue weighted by atomic mass is 9.93.